The van der Waals surface area contributed by atoms with Gasteiger partial charge in [-0.3, -0.25) is 0 Å². The molecule has 0 aromatic heterocycles. The second-order valence-electron chi connectivity index (χ2n) is 8.23. The summed E-state index contributed by atoms with van der Waals surface area (Å²) in [4.78, 5) is 14.2. The number of nitrogens with zero attached hydrogens (tertiary/aromatic N) is 1. The third-order valence-electron chi connectivity index (χ3n) is 7.02. The SMILES string of the molecule is C=CC1C2CC2C(C)C2CN(C(=C=O)C(CCC)CCC)CC12. The predicted molar refractivity (Wildman–Crippen MR) is 95.5 cm³/mol. The van der Waals surface area contributed by atoms with E-state index in [2.05, 4.69) is 44.3 Å². The van der Waals surface area contributed by atoms with Gasteiger partial charge in [0.15, 0.2) is 0 Å². The lowest BCUT2D eigenvalue weighted by molar-refractivity contribution is 0.158. The molecule has 3 rings (SSSR count). The summed E-state index contributed by atoms with van der Waals surface area (Å²) in [5.41, 5.74) is 0.979. The van der Waals surface area contributed by atoms with Crippen molar-refractivity contribution < 1.29 is 4.79 Å². The fourth-order valence-electron chi connectivity index (χ4n) is 5.80. The lowest BCUT2D eigenvalue weighted by Crippen LogP contribution is -2.33. The van der Waals surface area contributed by atoms with E-state index in [0.29, 0.717) is 17.8 Å². The van der Waals surface area contributed by atoms with Crippen LogP contribution in [0.25, 0.3) is 0 Å². The Labute approximate surface area is 142 Å². The number of rotatable bonds is 7. The van der Waals surface area contributed by atoms with E-state index in [0.717, 1.165) is 68.1 Å². The van der Waals surface area contributed by atoms with Crippen LogP contribution in [0.15, 0.2) is 18.4 Å². The Morgan fingerprint density at radius 1 is 1.17 bits per heavy atom. The third kappa shape index (κ3) is 2.91. The highest BCUT2D eigenvalue weighted by Crippen LogP contribution is 2.61. The molecule has 0 aromatic carbocycles. The number of likely N-dealkylation sites (tertiary alicyclic amines) is 1. The Hall–Kier alpha value is -1.01. The fraction of sp³-hybridized carbons (Fsp3) is 0.810. The van der Waals surface area contributed by atoms with Crippen molar-refractivity contribution in [2.24, 2.45) is 41.4 Å². The zero-order valence-electron chi connectivity index (χ0n) is 15.1. The van der Waals surface area contributed by atoms with Crippen LogP contribution >= 0.6 is 0 Å². The number of carbonyl (C=O) groups excluding carboxylic acids is 1. The number of hydrogen-bond donors (Lipinski definition) is 0. The van der Waals surface area contributed by atoms with Crippen LogP contribution in [0.4, 0.5) is 0 Å². The van der Waals surface area contributed by atoms with Crippen molar-refractivity contribution in [1.82, 2.24) is 4.90 Å². The monoisotopic (exact) mass is 315 g/mol. The van der Waals surface area contributed by atoms with Gasteiger partial charge in [-0.2, -0.15) is 0 Å². The number of hydrogen-bond acceptors (Lipinski definition) is 2. The van der Waals surface area contributed by atoms with Crippen LogP contribution in [0, 0.1) is 41.4 Å². The van der Waals surface area contributed by atoms with Crippen LogP contribution in [0.1, 0.15) is 52.9 Å². The van der Waals surface area contributed by atoms with Crippen LogP contribution < -0.4 is 0 Å². The summed E-state index contributed by atoms with van der Waals surface area (Å²) in [6.45, 7) is 13.2. The van der Waals surface area contributed by atoms with Crippen molar-refractivity contribution in [3.05, 3.63) is 18.4 Å². The van der Waals surface area contributed by atoms with Crippen molar-refractivity contribution in [1.29, 1.82) is 0 Å². The van der Waals surface area contributed by atoms with Gasteiger partial charge in [-0.25, -0.2) is 4.79 Å². The fourth-order valence-corrected chi connectivity index (χ4v) is 5.80. The third-order valence-corrected chi connectivity index (χ3v) is 7.02. The minimum absolute atomic E-state index is 0.412. The van der Waals surface area contributed by atoms with Gasteiger partial charge in [-0.1, -0.05) is 39.7 Å². The van der Waals surface area contributed by atoms with E-state index >= 15 is 0 Å². The molecule has 0 aromatic rings. The minimum Gasteiger partial charge on any atom is -0.365 e. The van der Waals surface area contributed by atoms with Crippen LogP contribution in [-0.4, -0.2) is 23.9 Å². The van der Waals surface area contributed by atoms with E-state index in [-0.39, 0.29) is 0 Å². The molecule has 2 saturated carbocycles. The van der Waals surface area contributed by atoms with Crippen molar-refractivity contribution in [3.63, 3.8) is 0 Å². The maximum Gasteiger partial charge on any atom is 0.146 e. The highest BCUT2D eigenvalue weighted by atomic mass is 16.1. The van der Waals surface area contributed by atoms with Gasteiger partial charge in [0.1, 0.15) is 11.6 Å². The molecular formula is C21H33NO. The molecule has 0 radical (unpaired) electrons. The Kier molecular flexibility index (Phi) is 5.01. The van der Waals surface area contributed by atoms with Crippen molar-refractivity contribution in [2.45, 2.75) is 52.9 Å². The normalized spacial score (nSPS) is 38.0. The van der Waals surface area contributed by atoms with Gasteiger partial charge in [-0.05, 0) is 54.8 Å². The molecule has 0 N–H and O–H groups in total. The topological polar surface area (TPSA) is 20.3 Å². The average Bonchev–Trinajstić information content (AvgIpc) is 3.21. The summed E-state index contributed by atoms with van der Waals surface area (Å²) in [6, 6.07) is 0. The Bertz CT molecular complexity index is 486. The molecule has 1 aliphatic heterocycles. The van der Waals surface area contributed by atoms with Crippen LogP contribution in [0.5, 0.6) is 0 Å². The molecule has 3 aliphatic rings. The van der Waals surface area contributed by atoms with Gasteiger partial charge >= 0.3 is 0 Å². The van der Waals surface area contributed by atoms with Crippen molar-refractivity contribution in [2.75, 3.05) is 13.1 Å². The lowest BCUT2D eigenvalue weighted by atomic mass is 9.69. The maximum absolute atomic E-state index is 11.8. The molecule has 1 saturated heterocycles. The number of allylic oxidation sites excluding steroid dienone is 2. The molecule has 3 fully saturated rings. The molecule has 2 heteroatoms. The zero-order valence-corrected chi connectivity index (χ0v) is 15.1. The number of fused-ring (bicyclic) bond motifs is 2. The smallest absolute Gasteiger partial charge is 0.146 e. The van der Waals surface area contributed by atoms with Crippen molar-refractivity contribution in [3.8, 4) is 0 Å². The van der Waals surface area contributed by atoms with E-state index in [4.69, 9.17) is 0 Å². The molecular weight excluding hydrogens is 282 g/mol. The molecule has 1 heterocycles. The van der Waals surface area contributed by atoms with Crippen LogP contribution in [0.2, 0.25) is 0 Å². The molecule has 2 aliphatic carbocycles. The Morgan fingerprint density at radius 3 is 2.39 bits per heavy atom. The lowest BCUT2D eigenvalue weighted by Gasteiger charge is -2.35. The second-order valence-corrected chi connectivity index (χ2v) is 8.23. The minimum atomic E-state index is 0.412. The van der Waals surface area contributed by atoms with Crippen molar-refractivity contribution >= 4 is 5.94 Å². The van der Waals surface area contributed by atoms with Gasteiger partial charge in [0.25, 0.3) is 0 Å². The van der Waals surface area contributed by atoms with E-state index in [1.54, 1.807) is 0 Å². The first-order valence-electron chi connectivity index (χ1n) is 9.78. The molecule has 6 atom stereocenters. The molecule has 2 nitrogen and oxygen atoms in total. The van der Waals surface area contributed by atoms with E-state index in [9.17, 15) is 4.79 Å². The van der Waals surface area contributed by atoms with Gasteiger partial charge < -0.3 is 4.90 Å². The maximum atomic E-state index is 11.8. The second kappa shape index (κ2) is 6.85. The first kappa shape index (κ1) is 16.8. The van der Waals surface area contributed by atoms with Crippen LogP contribution in [0.3, 0.4) is 0 Å². The molecule has 0 amide bonds. The van der Waals surface area contributed by atoms with Gasteiger partial charge in [0.05, 0.1) is 0 Å². The summed E-state index contributed by atoms with van der Waals surface area (Å²) in [7, 11) is 0. The average molecular weight is 316 g/mol. The summed E-state index contributed by atoms with van der Waals surface area (Å²) in [6.07, 6.45) is 8.16. The summed E-state index contributed by atoms with van der Waals surface area (Å²) in [5, 5.41) is 0. The van der Waals surface area contributed by atoms with E-state index < -0.39 is 0 Å². The van der Waals surface area contributed by atoms with E-state index in [1.165, 1.54) is 6.42 Å². The van der Waals surface area contributed by atoms with E-state index in [1.807, 2.05) is 0 Å². The predicted octanol–water partition coefficient (Wildman–Crippen LogP) is 4.55. The van der Waals surface area contributed by atoms with Gasteiger partial charge in [0.2, 0.25) is 0 Å². The largest absolute Gasteiger partial charge is 0.365 e. The quantitative estimate of drug-likeness (QED) is 0.507. The Balaban J connectivity index is 1.77. The van der Waals surface area contributed by atoms with Crippen LogP contribution in [-0.2, 0) is 4.79 Å². The molecule has 23 heavy (non-hydrogen) atoms. The summed E-state index contributed by atoms with van der Waals surface area (Å²) < 4.78 is 0. The highest BCUT2D eigenvalue weighted by molar-refractivity contribution is 5.53. The first-order valence-corrected chi connectivity index (χ1v) is 9.78. The summed E-state index contributed by atoms with van der Waals surface area (Å²) >= 11 is 0. The Morgan fingerprint density at radius 2 is 1.83 bits per heavy atom. The molecule has 6 unspecified atom stereocenters. The summed E-state index contributed by atoms with van der Waals surface area (Å²) in [5.74, 6) is 7.52. The zero-order chi connectivity index (χ0) is 16.6. The first-order chi connectivity index (χ1) is 11.2. The van der Waals surface area contributed by atoms with Gasteiger partial charge in [0, 0.05) is 19.0 Å². The molecule has 0 bridgehead atoms. The standard InChI is InChI=1S/C21H33NO/c1-5-8-15(9-6-2)21(13-23)22-11-19-14(4)17-10-18(17)16(7-3)20(19)12-22/h7,14-20H,3,5-6,8-12H2,1-2,4H3. The van der Waals surface area contributed by atoms with Gasteiger partial charge in [-0.15, -0.1) is 6.58 Å². The molecule has 0 spiro atoms. The highest BCUT2D eigenvalue weighted by Gasteiger charge is 2.58. The molecule has 128 valence electrons.